The van der Waals surface area contributed by atoms with Gasteiger partial charge < -0.3 is 10.4 Å². The van der Waals surface area contributed by atoms with Crippen molar-refractivity contribution in [2.45, 2.75) is 37.6 Å². The monoisotopic (exact) mass is 281 g/mol. The summed E-state index contributed by atoms with van der Waals surface area (Å²) in [5, 5.41) is 12.4. The molecule has 4 nitrogen and oxygen atoms in total. The molecule has 1 amide bonds. The average Bonchev–Trinajstić information content (AvgIpc) is 2.32. The van der Waals surface area contributed by atoms with Crippen molar-refractivity contribution >= 4 is 23.5 Å². The number of aliphatic carboxylic acids is 1. The third-order valence-corrected chi connectivity index (χ3v) is 3.94. The van der Waals surface area contributed by atoms with Gasteiger partial charge in [0.1, 0.15) is 5.54 Å². The van der Waals surface area contributed by atoms with Gasteiger partial charge in [0.25, 0.3) is 0 Å². The fourth-order valence-corrected chi connectivity index (χ4v) is 2.43. The summed E-state index contributed by atoms with van der Waals surface area (Å²) in [7, 11) is 0. The summed E-state index contributed by atoms with van der Waals surface area (Å²) < 4.78 is 0. The highest BCUT2D eigenvalue weighted by molar-refractivity contribution is 6.31. The first-order valence-corrected chi connectivity index (χ1v) is 6.69. The first kappa shape index (κ1) is 13.9. The predicted molar refractivity (Wildman–Crippen MR) is 72.1 cm³/mol. The molecule has 2 rings (SSSR count). The van der Waals surface area contributed by atoms with Crippen LogP contribution in [0.4, 0.5) is 0 Å². The molecule has 2 N–H and O–H groups in total. The van der Waals surface area contributed by atoms with Gasteiger partial charge in [0, 0.05) is 11.4 Å². The number of benzene rings is 1. The van der Waals surface area contributed by atoms with Crippen LogP contribution in [0.25, 0.3) is 0 Å². The van der Waals surface area contributed by atoms with Crippen molar-refractivity contribution in [2.75, 3.05) is 0 Å². The molecule has 0 bridgehead atoms. The van der Waals surface area contributed by atoms with Crippen LogP contribution in [-0.4, -0.2) is 22.5 Å². The lowest BCUT2D eigenvalue weighted by atomic mass is 9.76. The summed E-state index contributed by atoms with van der Waals surface area (Å²) in [4.78, 5) is 23.0. The SMILES string of the molecule is O=C(CCc1ccccc1Cl)NC1(C(=O)O)CCC1. The summed E-state index contributed by atoms with van der Waals surface area (Å²) in [5.41, 5.74) is -0.130. The highest BCUT2D eigenvalue weighted by Crippen LogP contribution is 2.32. The molecule has 1 fully saturated rings. The van der Waals surface area contributed by atoms with Crippen LogP contribution in [0.1, 0.15) is 31.2 Å². The number of carbonyl (C=O) groups excluding carboxylic acids is 1. The Hall–Kier alpha value is -1.55. The van der Waals surface area contributed by atoms with E-state index in [1.54, 1.807) is 6.07 Å². The van der Waals surface area contributed by atoms with Crippen molar-refractivity contribution in [3.63, 3.8) is 0 Å². The molecule has 1 aliphatic carbocycles. The van der Waals surface area contributed by atoms with Crippen molar-refractivity contribution in [1.82, 2.24) is 5.32 Å². The minimum Gasteiger partial charge on any atom is -0.480 e. The number of amides is 1. The van der Waals surface area contributed by atoms with Gasteiger partial charge in [-0.3, -0.25) is 4.79 Å². The van der Waals surface area contributed by atoms with Crippen LogP contribution in [-0.2, 0) is 16.0 Å². The zero-order valence-corrected chi connectivity index (χ0v) is 11.2. The van der Waals surface area contributed by atoms with E-state index < -0.39 is 11.5 Å². The van der Waals surface area contributed by atoms with Gasteiger partial charge in [0.05, 0.1) is 0 Å². The van der Waals surface area contributed by atoms with Gasteiger partial charge in [-0.1, -0.05) is 29.8 Å². The normalized spacial score (nSPS) is 16.5. The Morgan fingerprint density at radius 3 is 2.53 bits per heavy atom. The minimum absolute atomic E-state index is 0.234. The Labute approximate surface area is 116 Å². The number of aryl methyl sites for hydroxylation is 1. The third kappa shape index (κ3) is 3.07. The average molecular weight is 282 g/mol. The number of halogens is 1. The number of hydrogen-bond donors (Lipinski definition) is 2. The topological polar surface area (TPSA) is 66.4 Å². The summed E-state index contributed by atoms with van der Waals surface area (Å²) in [6.07, 6.45) is 2.64. The first-order chi connectivity index (χ1) is 9.03. The number of rotatable bonds is 5. The van der Waals surface area contributed by atoms with E-state index in [2.05, 4.69) is 5.32 Å². The van der Waals surface area contributed by atoms with Gasteiger partial charge >= 0.3 is 5.97 Å². The molecular weight excluding hydrogens is 266 g/mol. The largest absolute Gasteiger partial charge is 0.480 e. The Balaban J connectivity index is 1.89. The Morgan fingerprint density at radius 1 is 1.32 bits per heavy atom. The smallest absolute Gasteiger partial charge is 0.329 e. The van der Waals surface area contributed by atoms with Crippen molar-refractivity contribution in [3.8, 4) is 0 Å². The first-order valence-electron chi connectivity index (χ1n) is 6.31. The molecule has 1 aromatic carbocycles. The molecule has 1 aliphatic rings. The van der Waals surface area contributed by atoms with E-state index in [1.807, 2.05) is 18.2 Å². The van der Waals surface area contributed by atoms with E-state index in [1.165, 1.54) is 0 Å². The number of hydrogen-bond acceptors (Lipinski definition) is 2. The number of carboxylic acid groups (broad SMARTS) is 1. The maximum Gasteiger partial charge on any atom is 0.329 e. The summed E-state index contributed by atoms with van der Waals surface area (Å²) in [5.74, 6) is -1.17. The molecule has 1 saturated carbocycles. The van der Waals surface area contributed by atoms with E-state index in [0.29, 0.717) is 24.3 Å². The van der Waals surface area contributed by atoms with E-state index in [4.69, 9.17) is 16.7 Å². The Morgan fingerprint density at radius 2 is 2.00 bits per heavy atom. The van der Waals surface area contributed by atoms with Gasteiger partial charge in [-0.15, -0.1) is 0 Å². The lowest BCUT2D eigenvalue weighted by Gasteiger charge is -2.38. The molecule has 19 heavy (non-hydrogen) atoms. The second-order valence-corrected chi connectivity index (χ2v) is 5.29. The quantitative estimate of drug-likeness (QED) is 0.871. The maximum atomic E-state index is 11.8. The van der Waals surface area contributed by atoms with Crippen LogP contribution in [0.15, 0.2) is 24.3 Å². The van der Waals surface area contributed by atoms with Crippen LogP contribution in [0.2, 0.25) is 5.02 Å². The molecule has 0 spiro atoms. The summed E-state index contributed by atoms with van der Waals surface area (Å²) in [6, 6.07) is 7.34. The molecule has 0 radical (unpaired) electrons. The lowest BCUT2D eigenvalue weighted by molar-refractivity contribution is -0.151. The number of nitrogens with one attached hydrogen (secondary N) is 1. The van der Waals surface area contributed by atoms with E-state index >= 15 is 0 Å². The van der Waals surface area contributed by atoms with E-state index in [9.17, 15) is 9.59 Å². The molecule has 0 saturated heterocycles. The van der Waals surface area contributed by atoms with Crippen LogP contribution >= 0.6 is 11.6 Å². The second kappa shape index (κ2) is 5.61. The van der Waals surface area contributed by atoms with Crippen LogP contribution in [0.3, 0.4) is 0 Å². The third-order valence-electron chi connectivity index (χ3n) is 3.57. The molecule has 0 unspecified atom stereocenters. The molecule has 1 aromatic rings. The van der Waals surface area contributed by atoms with Crippen LogP contribution < -0.4 is 5.32 Å². The van der Waals surface area contributed by atoms with Crippen molar-refractivity contribution in [2.24, 2.45) is 0 Å². The Bertz CT molecular complexity index is 497. The second-order valence-electron chi connectivity index (χ2n) is 4.88. The van der Waals surface area contributed by atoms with Gasteiger partial charge in [-0.2, -0.15) is 0 Å². The molecule has 102 valence electrons. The fourth-order valence-electron chi connectivity index (χ4n) is 2.20. The Kier molecular flexibility index (Phi) is 4.10. The van der Waals surface area contributed by atoms with Crippen LogP contribution in [0.5, 0.6) is 0 Å². The zero-order chi connectivity index (χ0) is 13.9. The lowest BCUT2D eigenvalue weighted by Crippen LogP contribution is -2.59. The summed E-state index contributed by atoms with van der Waals surface area (Å²) >= 11 is 6.00. The molecule has 0 aliphatic heterocycles. The van der Waals surface area contributed by atoms with Gasteiger partial charge in [-0.25, -0.2) is 4.79 Å². The molecular formula is C14H16ClNO3. The van der Waals surface area contributed by atoms with Crippen molar-refractivity contribution in [3.05, 3.63) is 34.9 Å². The standard InChI is InChI=1S/C14H16ClNO3/c15-11-5-2-1-4-10(11)6-7-12(17)16-14(13(18)19)8-3-9-14/h1-2,4-5H,3,6-9H2,(H,16,17)(H,18,19). The fraction of sp³-hybridized carbons (Fsp3) is 0.429. The molecule has 0 aromatic heterocycles. The zero-order valence-electron chi connectivity index (χ0n) is 10.5. The molecule has 5 heteroatoms. The maximum absolute atomic E-state index is 11.8. The van der Waals surface area contributed by atoms with E-state index in [-0.39, 0.29) is 12.3 Å². The molecule has 0 atom stereocenters. The van der Waals surface area contributed by atoms with Crippen LogP contribution in [0, 0.1) is 0 Å². The van der Waals surface area contributed by atoms with Crippen molar-refractivity contribution < 1.29 is 14.7 Å². The molecule has 0 heterocycles. The summed E-state index contributed by atoms with van der Waals surface area (Å²) in [6.45, 7) is 0. The van der Waals surface area contributed by atoms with Gasteiger partial charge in [-0.05, 0) is 37.3 Å². The van der Waals surface area contributed by atoms with Crippen molar-refractivity contribution in [1.29, 1.82) is 0 Å². The minimum atomic E-state index is -1.03. The predicted octanol–water partition coefficient (Wildman–Crippen LogP) is 2.40. The number of carboxylic acids is 1. The van der Waals surface area contributed by atoms with Gasteiger partial charge in [0.2, 0.25) is 5.91 Å². The highest BCUT2D eigenvalue weighted by Gasteiger charge is 2.45. The van der Waals surface area contributed by atoms with Gasteiger partial charge in [0.15, 0.2) is 0 Å². The highest BCUT2D eigenvalue weighted by atomic mass is 35.5. The van der Waals surface area contributed by atoms with E-state index in [0.717, 1.165) is 12.0 Å². The number of carbonyl (C=O) groups is 2.